The Morgan fingerprint density at radius 3 is 2.54 bits per heavy atom. The molecule has 2 unspecified atom stereocenters. The lowest BCUT2D eigenvalue weighted by atomic mass is 9.87. The highest BCUT2D eigenvalue weighted by Gasteiger charge is 2.44. The number of halogens is 2. The molecule has 204 valence electrons. The molecule has 0 spiro atoms. The van der Waals surface area contributed by atoms with Crippen LogP contribution in [0.3, 0.4) is 0 Å². The molecule has 0 radical (unpaired) electrons. The van der Waals surface area contributed by atoms with Crippen molar-refractivity contribution < 1.29 is 29.5 Å². The Bertz CT molecular complexity index is 1160. The van der Waals surface area contributed by atoms with Crippen LogP contribution < -0.4 is 10.2 Å². The lowest BCUT2D eigenvalue weighted by Gasteiger charge is -2.39. The fourth-order valence-electron chi connectivity index (χ4n) is 4.89. The van der Waals surface area contributed by atoms with E-state index < -0.39 is 23.9 Å². The van der Waals surface area contributed by atoms with Crippen LogP contribution in [-0.2, 0) is 17.4 Å². The Morgan fingerprint density at radius 1 is 1.24 bits per heavy atom. The maximum atomic E-state index is 11.6. The first kappa shape index (κ1) is 30.2. The summed E-state index contributed by atoms with van der Waals surface area (Å²) >= 11 is 9.05. The molecular formula is C24H32ClIN3O7P. The molecule has 2 aromatic rings. The number of aliphatic hydroxyl groups is 2. The third kappa shape index (κ3) is 7.62. The second-order valence-electron chi connectivity index (χ2n) is 9.78. The van der Waals surface area contributed by atoms with E-state index in [0.717, 1.165) is 17.6 Å². The minimum absolute atomic E-state index is 0.00793. The fraction of sp³-hybridized carbons (Fsp3) is 0.542. The molecule has 0 saturated heterocycles. The highest BCUT2D eigenvalue weighted by molar-refractivity contribution is 14.1. The summed E-state index contributed by atoms with van der Waals surface area (Å²) in [5.41, 5.74) is 0.755. The minimum atomic E-state index is -4.63. The van der Waals surface area contributed by atoms with Gasteiger partial charge >= 0.3 is 7.60 Å². The quantitative estimate of drug-likeness (QED) is 0.0703. The van der Waals surface area contributed by atoms with Gasteiger partial charge in [0, 0.05) is 42.3 Å². The van der Waals surface area contributed by atoms with Gasteiger partial charge < -0.3 is 24.9 Å². The van der Waals surface area contributed by atoms with Crippen molar-refractivity contribution in [2.45, 2.75) is 54.6 Å². The number of nitro benzene ring substituents is 1. The summed E-state index contributed by atoms with van der Waals surface area (Å²) in [6, 6.07) is 9.15. The molecule has 37 heavy (non-hydrogen) atoms. The highest BCUT2D eigenvalue weighted by Crippen LogP contribution is 2.42. The Balaban J connectivity index is 1.85. The topological polar surface area (TPSA) is 157 Å². The number of rotatable bonds is 11. The van der Waals surface area contributed by atoms with Crippen molar-refractivity contribution in [2.24, 2.45) is 11.8 Å². The molecule has 1 heterocycles. The number of anilines is 1. The van der Waals surface area contributed by atoms with Gasteiger partial charge in [0.2, 0.25) is 0 Å². The number of hydrogen-bond donors (Lipinski definition) is 4. The Hall–Kier alpha value is -1.34. The van der Waals surface area contributed by atoms with Gasteiger partial charge in [-0.25, -0.2) is 4.98 Å². The Kier molecular flexibility index (Phi) is 9.99. The van der Waals surface area contributed by atoms with E-state index in [9.17, 15) is 34.7 Å². The summed E-state index contributed by atoms with van der Waals surface area (Å²) < 4.78 is 11.2. The van der Waals surface area contributed by atoms with Crippen molar-refractivity contribution in [2.75, 3.05) is 18.1 Å². The zero-order valence-electron chi connectivity index (χ0n) is 20.6. The first-order valence-corrected chi connectivity index (χ1v) is 15.0. The van der Waals surface area contributed by atoms with E-state index in [1.807, 2.05) is 32.0 Å². The molecule has 4 atom stereocenters. The van der Waals surface area contributed by atoms with Gasteiger partial charge in [-0.05, 0) is 63.1 Å². The molecule has 4 N–H and O–H groups in total. The number of nitro groups is 1. The monoisotopic (exact) mass is 667 g/mol. The summed E-state index contributed by atoms with van der Waals surface area (Å²) in [5, 5.41) is 31.1. The molecule has 1 saturated carbocycles. The third-order valence-corrected chi connectivity index (χ3v) is 8.83. The first-order valence-electron chi connectivity index (χ1n) is 11.9. The molecular weight excluding hydrogens is 636 g/mol. The lowest BCUT2D eigenvalue weighted by Crippen LogP contribution is -2.45. The second-order valence-corrected chi connectivity index (χ2v) is 14.6. The van der Waals surface area contributed by atoms with Crippen LogP contribution in [0.25, 0.3) is 0 Å². The van der Waals surface area contributed by atoms with Crippen LogP contribution in [0.1, 0.15) is 37.9 Å². The number of pyridine rings is 1. The average molecular weight is 668 g/mol. The summed E-state index contributed by atoms with van der Waals surface area (Å²) in [6.45, 7) is 4.58. The van der Waals surface area contributed by atoms with Crippen molar-refractivity contribution in [1.29, 1.82) is 0 Å². The van der Waals surface area contributed by atoms with E-state index in [4.69, 9.17) is 16.6 Å². The van der Waals surface area contributed by atoms with Gasteiger partial charge in [0.25, 0.3) is 5.69 Å². The maximum Gasteiger partial charge on any atom is 0.356 e. The molecule has 0 amide bonds. The number of hydrogen-bond acceptors (Lipinski definition) is 7. The standard InChI is InChI=1S/C24H32ClIN3O7P/c1-24(2,26)28(23-5-3-4-16(27-23)10-11-30)14-19-18(22(31)13-20(19)25)9-7-15-6-8-17(37(34,35)36)12-21(15)29(32)33/h3-6,8,12,18-20,22,30-31H,7,9-11,13-14H2,1-2H3,(H2,34,35,36)/t18-,19-,20?,22?/m1/s1. The first-order chi connectivity index (χ1) is 17.2. The van der Waals surface area contributed by atoms with Crippen LogP contribution in [0.2, 0.25) is 0 Å². The minimum Gasteiger partial charge on any atom is -0.396 e. The normalized spacial score (nSPS) is 22.3. The van der Waals surface area contributed by atoms with Gasteiger partial charge in [-0.15, -0.1) is 11.6 Å². The van der Waals surface area contributed by atoms with Crippen molar-refractivity contribution in [3.05, 3.63) is 57.8 Å². The van der Waals surface area contributed by atoms with Crippen LogP contribution >= 0.6 is 41.8 Å². The number of aromatic nitrogens is 1. The smallest absolute Gasteiger partial charge is 0.356 e. The largest absolute Gasteiger partial charge is 0.396 e. The molecule has 1 aromatic heterocycles. The Morgan fingerprint density at radius 2 is 1.95 bits per heavy atom. The molecule has 13 heteroatoms. The predicted molar refractivity (Wildman–Crippen MR) is 151 cm³/mol. The molecule has 0 bridgehead atoms. The number of aliphatic hydroxyl groups excluding tert-OH is 2. The van der Waals surface area contributed by atoms with E-state index in [1.165, 1.54) is 12.1 Å². The Labute approximate surface area is 234 Å². The number of alkyl halides is 2. The van der Waals surface area contributed by atoms with E-state index >= 15 is 0 Å². The van der Waals surface area contributed by atoms with E-state index in [1.54, 1.807) is 0 Å². The second kappa shape index (κ2) is 12.2. The van der Waals surface area contributed by atoms with E-state index in [0.29, 0.717) is 31.4 Å². The van der Waals surface area contributed by atoms with Gasteiger partial charge in [0.15, 0.2) is 0 Å². The molecule has 1 fully saturated rings. The zero-order valence-corrected chi connectivity index (χ0v) is 24.4. The lowest BCUT2D eigenvalue weighted by molar-refractivity contribution is -0.385. The molecule has 1 aliphatic rings. The van der Waals surface area contributed by atoms with Crippen LogP contribution in [0.15, 0.2) is 36.4 Å². The highest BCUT2D eigenvalue weighted by atomic mass is 127. The molecule has 0 aliphatic heterocycles. The van der Waals surface area contributed by atoms with Gasteiger partial charge in [0.05, 0.1) is 19.9 Å². The number of aryl methyl sites for hydroxylation is 1. The van der Waals surface area contributed by atoms with Crippen LogP contribution in [0.5, 0.6) is 0 Å². The summed E-state index contributed by atoms with van der Waals surface area (Å²) in [5.74, 6) is 0.353. The summed E-state index contributed by atoms with van der Waals surface area (Å²) in [4.78, 5) is 36.6. The average Bonchev–Trinajstić information content (AvgIpc) is 3.06. The van der Waals surface area contributed by atoms with Crippen molar-refractivity contribution in [3.8, 4) is 0 Å². The third-order valence-electron chi connectivity index (χ3n) is 6.80. The predicted octanol–water partition coefficient (Wildman–Crippen LogP) is 3.54. The van der Waals surface area contributed by atoms with Crippen molar-refractivity contribution >= 4 is 58.6 Å². The molecule has 1 aromatic carbocycles. The van der Waals surface area contributed by atoms with E-state index in [2.05, 4.69) is 27.5 Å². The van der Waals surface area contributed by atoms with Gasteiger partial charge in [-0.1, -0.05) is 34.7 Å². The van der Waals surface area contributed by atoms with E-state index in [-0.39, 0.29) is 39.5 Å². The molecule has 3 rings (SSSR count). The maximum absolute atomic E-state index is 11.6. The SMILES string of the molecule is CC(C)(I)N(C[C@H]1C(Cl)CC(O)[C@@H]1CCc1ccc(P(=O)(O)O)cc1[N+](=O)[O-])c1cccc(CCO)n1. The van der Waals surface area contributed by atoms with Gasteiger partial charge in [0.1, 0.15) is 5.82 Å². The van der Waals surface area contributed by atoms with Gasteiger partial charge in [-0.2, -0.15) is 0 Å². The summed E-state index contributed by atoms with van der Waals surface area (Å²) in [6.07, 6.45) is 0.805. The molecule has 1 aliphatic carbocycles. The van der Waals surface area contributed by atoms with Crippen LogP contribution in [-0.4, -0.2) is 58.1 Å². The van der Waals surface area contributed by atoms with Crippen molar-refractivity contribution in [1.82, 2.24) is 4.98 Å². The summed E-state index contributed by atoms with van der Waals surface area (Å²) in [7, 11) is -4.63. The number of benzene rings is 1. The number of nitrogens with zero attached hydrogens (tertiary/aromatic N) is 3. The van der Waals surface area contributed by atoms with Gasteiger partial charge in [-0.3, -0.25) is 14.7 Å². The van der Waals surface area contributed by atoms with Crippen LogP contribution in [0, 0.1) is 22.0 Å². The molecule has 10 nitrogen and oxygen atoms in total. The van der Waals surface area contributed by atoms with Crippen molar-refractivity contribution in [3.63, 3.8) is 0 Å². The van der Waals surface area contributed by atoms with Crippen LogP contribution in [0.4, 0.5) is 11.5 Å². The fourth-order valence-corrected chi connectivity index (χ4v) is 6.34. The zero-order chi connectivity index (χ0) is 27.5.